The number of nitrogens with zero attached hydrogens (tertiary/aromatic N) is 3. The number of aryl methyl sites for hydroxylation is 2. The maximum atomic E-state index is 6.08. The summed E-state index contributed by atoms with van der Waals surface area (Å²) in [5.74, 6) is 1.59. The molecule has 1 aromatic heterocycles. The van der Waals surface area contributed by atoms with E-state index < -0.39 is 0 Å². The van der Waals surface area contributed by atoms with Crippen molar-refractivity contribution in [3.63, 3.8) is 0 Å². The third-order valence-electron chi connectivity index (χ3n) is 4.31. The van der Waals surface area contributed by atoms with Crippen LogP contribution in [0, 0.1) is 13.8 Å². The standard InChI is InChI=1S/C21H25N5O2.HI/c1-14-11-15(2)26(25-14)18-8-6-5-7-16(18)13-23-21(22)24-17-9-10-19(27-3)20(12-17)28-4;/h5-12H,13H2,1-4H3,(H3,22,23,24);1H. The summed E-state index contributed by atoms with van der Waals surface area (Å²) in [6.07, 6.45) is 0. The molecule has 0 saturated heterocycles. The molecule has 0 aliphatic heterocycles. The third kappa shape index (κ3) is 5.41. The zero-order valence-corrected chi connectivity index (χ0v) is 19.3. The van der Waals surface area contributed by atoms with Gasteiger partial charge in [-0.1, -0.05) is 18.2 Å². The largest absolute Gasteiger partial charge is 0.493 e. The minimum atomic E-state index is 0. The minimum absolute atomic E-state index is 0. The van der Waals surface area contributed by atoms with Gasteiger partial charge in [0.25, 0.3) is 0 Å². The number of hydrogen-bond acceptors (Lipinski definition) is 4. The molecule has 154 valence electrons. The molecule has 1 heterocycles. The first-order valence-electron chi connectivity index (χ1n) is 8.92. The molecule has 0 radical (unpaired) electrons. The molecule has 7 nitrogen and oxygen atoms in total. The molecule has 8 heteroatoms. The summed E-state index contributed by atoms with van der Waals surface area (Å²) >= 11 is 0. The zero-order valence-electron chi connectivity index (χ0n) is 17.0. The smallest absolute Gasteiger partial charge is 0.193 e. The number of hydrogen-bond donors (Lipinski definition) is 2. The van der Waals surface area contributed by atoms with Crippen molar-refractivity contribution in [2.24, 2.45) is 10.7 Å². The van der Waals surface area contributed by atoms with Crippen LogP contribution in [0.25, 0.3) is 5.69 Å². The number of halogens is 1. The summed E-state index contributed by atoms with van der Waals surface area (Å²) in [6, 6.07) is 15.6. The molecule has 29 heavy (non-hydrogen) atoms. The summed E-state index contributed by atoms with van der Waals surface area (Å²) in [4.78, 5) is 4.48. The van der Waals surface area contributed by atoms with Crippen LogP contribution in [0.1, 0.15) is 17.0 Å². The lowest BCUT2D eigenvalue weighted by atomic mass is 10.2. The Labute approximate surface area is 187 Å². The summed E-state index contributed by atoms with van der Waals surface area (Å²) in [6.45, 7) is 4.45. The van der Waals surface area contributed by atoms with Crippen molar-refractivity contribution in [1.82, 2.24) is 9.78 Å². The molecular formula is C21H26IN5O2. The predicted octanol–water partition coefficient (Wildman–Crippen LogP) is 4.05. The number of ether oxygens (including phenoxy) is 2. The highest BCUT2D eigenvalue weighted by molar-refractivity contribution is 14.0. The van der Waals surface area contributed by atoms with E-state index in [2.05, 4.69) is 15.4 Å². The molecule has 0 amide bonds. The minimum Gasteiger partial charge on any atom is -0.493 e. The molecule has 0 atom stereocenters. The van der Waals surface area contributed by atoms with E-state index in [0.29, 0.717) is 24.0 Å². The lowest BCUT2D eigenvalue weighted by Gasteiger charge is -2.12. The molecule has 0 unspecified atom stereocenters. The summed E-state index contributed by atoms with van der Waals surface area (Å²) in [5, 5.41) is 7.65. The van der Waals surface area contributed by atoms with Crippen molar-refractivity contribution < 1.29 is 9.47 Å². The number of guanidine groups is 1. The lowest BCUT2D eigenvalue weighted by Crippen LogP contribution is -2.22. The van der Waals surface area contributed by atoms with Crippen LogP contribution >= 0.6 is 24.0 Å². The van der Waals surface area contributed by atoms with Gasteiger partial charge >= 0.3 is 0 Å². The average molecular weight is 507 g/mol. The predicted molar refractivity (Wildman–Crippen MR) is 127 cm³/mol. The third-order valence-corrected chi connectivity index (χ3v) is 4.31. The van der Waals surface area contributed by atoms with Crippen molar-refractivity contribution in [1.29, 1.82) is 0 Å². The molecule has 3 aromatic rings. The van der Waals surface area contributed by atoms with E-state index in [0.717, 1.165) is 28.3 Å². The van der Waals surface area contributed by atoms with Gasteiger partial charge in [0.1, 0.15) is 0 Å². The van der Waals surface area contributed by atoms with Crippen LogP contribution in [0.4, 0.5) is 5.69 Å². The lowest BCUT2D eigenvalue weighted by molar-refractivity contribution is 0.355. The maximum absolute atomic E-state index is 6.08. The molecule has 0 fully saturated rings. The van der Waals surface area contributed by atoms with Gasteiger partial charge in [0.2, 0.25) is 0 Å². The molecule has 2 aromatic carbocycles. The van der Waals surface area contributed by atoms with Crippen molar-refractivity contribution >= 4 is 35.6 Å². The van der Waals surface area contributed by atoms with Gasteiger partial charge in [0, 0.05) is 17.4 Å². The number of nitrogens with one attached hydrogen (secondary N) is 1. The number of nitrogens with two attached hydrogens (primary N) is 1. The molecular weight excluding hydrogens is 481 g/mol. The van der Waals surface area contributed by atoms with Crippen LogP contribution in [0.2, 0.25) is 0 Å². The zero-order chi connectivity index (χ0) is 20.1. The first-order valence-corrected chi connectivity index (χ1v) is 8.92. The van der Waals surface area contributed by atoms with Gasteiger partial charge in [-0.2, -0.15) is 5.10 Å². The van der Waals surface area contributed by atoms with Gasteiger partial charge in [-0.05, 0) is 43.7 Å². The normalized spacial score (nSPS) is 11.0. The number of benzene rings is 2. The monoisotopic (exact) mass is 507 g/mol. The molecule has 0 aliphatic rings. The van der Waals surface area contributed by atoms with Gasteiger partial charge in [-0.25, -0.2) is 9.67 Å². The number of aromatic nitrogens is 2. The quantitative estimate of drug-likeness (QED) is 0.299. The molecule has 0 saturated carbocycles. The fraction of sp³-hybridized carbons (Fsp3) is 0.238. The Kier molecular flexibility index (Phi) is 7.89. The maximum Gasteiger partial charge on any atom is 0.193 e. The number of anilines is 1. The highest BCUT2D eigenvalue weighted by atomic mass is 127. The van der Waals surface area contributed by atoms with Crippen LogP contribution in [0.5, 0.6) is 11.5 Å². The second kappa shape index (κ2) is 10.1. The van der Waals surface area contributed by atoms with Crippen LogP contribution in [-0.2, 0) is 6.54 Å². The molecule has 3 N–H and O–H groups in total. The highest BCUT2D eigenvalue weighted by Crippen LogP contribution is 2.29. The Bertz CT molecular complexity index is 1000. The van der Waals surface area contributed by atoms with Crippen LogP contribution in [0.3, 0.4) is 0 Å². The van der Waals surface area contributed by atoms with Gasteiger partial charge in [0.05, 0.1) is 32.1 Å². The van der Waals surface area contributed by atoms with Crippen LogP contribution < -0.4 is 20.5 Å². The second-order valence-electron chi connectivity index (χ2n) is 6.36. The van der Waals surface area contributed by atoms with Crippen LogP contribution in [0.15, 0.2) is 53.5 Å². The van der Waals surface area contributed by atoms with E-state index in [-0.39, 0.29) is 24.0 Å². The Balaban J connectivity index is 0.00000300. The van der Waals surface area contributed by atoms with Gasteiger partial charge in [0.15, 0.2) is 17.5 Å². The fourth-order valence-electron chi connectivity index (χ4n) is 3.00. The van der Waals surface area contributed by atoms with E-state index in [1.807, 2.05) is 67.1 Å². The van der Waals surface area contributed by atoms with E-state index in [1.165, 1.54) is 0 Å². The van der Waals surface area contributed by atoms with Crippen LogP contribution in [-0.4, -0.2) is 30.0 Å². The van der Waals surface area contributed by atoms with Crippen molar-refractivity contribution in [2.45, 2.75) is 20.4 Å². The number of para-hydroxylation sites is 1. The molecule has 0 aliphatic carbocycles. The number of rotatable bonds is 6. The first kappa shape index (κ1) is 22.5. The Morgan fingerprint density at radius 1 is 1.07 bits per heavy atom. The van der Waals surface area contributed by atoms with Crippen molar-refractivity contribution in [3.8, 4) is 17.2 Å². The van der Waals surface area contributed by atoms with E-state index in [9.17, 15) is 0 Å². The van der Waals surface area contributed by atoms with Gasteiger partial charge in [-0.3, -0.25) is 0 Å². The molecule has 0 spiro atoms. The van der Waals surface area contributed by atoms with E-state index >= 15 is 0 Å². The summed E-state index contributed by atoms with van der Waals surface area (Å²) in [5.41, 5.74) is 10.9. The van der Waals surface area contributed by atoms with Gasteiger partial charge in [-0.15, -0.1) is 24.0 Å². The molecule has 0 bridgehead atoms. The Morgan fingerprint density at radius 3 is 2.45 bits per heavy atom. The highest BCUT2D eigenvalue weighted by Gasteiger charge is 2.09. The Hall–Kier alpha value is -2.75. The second-order valence-corrected chi connectivity index (χ2v) is 6.36. The number of aliphatic imine (C=N–C) groups is 1. The fourth-order valence-corrected chi connectivity index (χ4v) is 3.00. The summed E-state index contributed by atoms with van der Waals surface area (Å²) in [7, 11) is 3.19. The summed E-state index contributed by atoms with van der Waals surface area (Å²) < 4.78 is 12.5. The van der Waals surface area contributed by atoms with E-state index in [4.69, 9.17) is 15.2 Å². The first-order chi connectivity index (χ1) is 13.5. The SMILES string of the molecule is COc1ccc(NC(N)=NCc2ccccc2-n2nc(C)cc2C)cc1OC.I. The number of methoxy groups -OCH3 is 2. The topological polar surface area (TPSA) is 86.7 Å². The average Bonchev–Trinajstić information content (AvgIpc) is 3.04. The van der Waals surface area contributed by atoms with E-state index in [1.54, 1.807) is 14.2 Å². The Morgan fingerprint density at radius 2 is 1.79 bits per heavy atom. The van der Waals surface area contributed by atoms with Crippen molar-refractivity contribution in [3.05, 3.63) is 65.5 Å². The molecule has 3 rings (SSSR count). The van der Waals surface area contributed by atoms with Crippen molar-refractivity contribution in [2.75, 3.05) is 19.5 Å². The van der Waals surface area contributed by atoms with Gasteiger partial charge < -0.3 is 20.5 Å².